The topological polar surface area (TPSA) is 42.4 Å². The Kier molecular flexibility index (Phi) is 2.95. The summed E-state index contributed by atoms with van der Waals surface area (Å²) in [5.74, 6) is 0.586. The number of carbonyl (C=O) groups excluding carboxylic acids is 1. The zero-order valence-corrected chi connectivity index (χ0v) is 10.1. The molecule has 1 aromatic carbocycles. The molecule has 0 saturated carbocycles. The molecule has 0 aliphatic rings. The van der Waals surface area contributed by atoms with Gasteiger partial charge < -0.3 is 9.64 Å². The number of fused-ring (bicyclic) bond motifs is 1. The maximum absolute atomic E-state index is 12.1. The lowest BCUT2D eigenvalue weighted by atomic mass is 10.1. The Morgan fingerprint density at radius 3 is 2.76 bits per heavy atom. The van der Waals surface area contributed by atoms with Gasteiger partial charge in [0.15, 0.2) is 0 Å². The molecule has 88 valence electrons. The molecule has 0 atom stereocenters. The van der Waals surface area contributed by atoms with Crippen LogP contribution in [0.2, 0.25) is 0 Å². The van der Waals surface area contributed by atoms with E-state index < -0.39 is 0 Å². The minimum atomic E-state index is -0.0763. The van der Waals surface area contributed by atoms with Gasteiger partial charge in [0, 0.05) is 25.7 Å². The van der Waals surface area contributed by atoms with Crippen LogP contribution in [0.4, 0.5) is 0 Å². The normalized spacial score (nSPS) is 10.3. The molecule has 0 aliphatic carbocycles. The number of carbonyl (C=O) groups is 1. The van der Waals surface area contributed by atoms with Crippen LogP contribution in [-0.2, 0) is 0 Å². The van der Waals surface area contributed by atoms with Gasteiger partial charge >= 0.3 is 0 Å². The van der Waals surface area contributed by atoms with Crippen molar-refractivity contribution >= 4 is 16.8 Å². The van der Waals surface area contributed by atoms with Gasteiger partial charge in [0.2, 0.25) is 0 Å². The highest BCUT2D eigenvalue weighted by molar-refractivity contribution is 6.05. The average Bonchev–Trinajstić information content (AvgIpc) is 2.36. The summed E-state index contributed by atoms with van der Waals surface area (Å²) in [4.78, 5) is 17.8. The van der Waals surface area contributed by atoms with Crippen LogP contribution < -0.4 is 4.74 Å². The molecule has 2 rings (SSSR count). The number of nitrogens with zero attached hydrogens (tertiary/aromatic N) is 2. The van der Waals surface area contributed by atoms with E-state index in [0.29, 0.717) is 16.8 Å². The van der Waals surface area contributed by atoms with Crippen molar-refractivity contribution in [2.75, 3.05) is 21.2 Å². The fourth-order valence-electron chi connectivity index (χ4n) is 1.69. The third-order valence-electron chi connectivity index (χ3n) is 2.55. The summed E-state index contributed by atoms with van der Waals surface area (Å²) in [6, 6.07) is 7.34. The first kappa shape index (κ1) is 11.4. The minimum absolute atomic E-state index is 0.0763. The lowest BCUT2D eigenvalue weighted by Gasteiger charge is -2.13. The second-order valence-corrected chi connectivity index (χ2v) is 3.95. The standard InChI is InChI=1S/C13H14N2O2/c1-15(2)13(16)11-8-10(17-3)7-9-5-4-6-14-12(9)11/h4-8H,1-3H3. The van der Waals surface area contributed by atoms with Crippen LogP contribution in [0.3, 0.4) is 0 Å². The van der Waals surface area contributed by atoms with Crippen molar-refractivity contribution in [1.82, 2.24) is 9.88 Å². The molecular weight excluding hydrogens is 216 g/mol. The summed E-state index contributed by atoms with van der Waals surface area (Å²) < 4.78 is 5.19. The van der Waals surface area contributed by atoms with E-state index >= 15 is 0 Å². The molecule has 4 nitrogen and oxygen atoms in total. The van der Waals surface area contributed by atoms with E-state index in [4.69, 9.17) is 4.74 Å². The van der Waals surface area contributed by atoms with E-state index in [1.54, 1.807) is 33.5 Å². The van der Waals surface area contributed by atoms with E-state index in [2.05, 4.69) is 4.98 Å². The lowest BCUT2D eigenvalue weighted by molar-refractivity contribution is 0.0829. The number of aromatic nitrogens is 1. The molecule has 0 aliphatic heterocycles. The third-order valence-corrected chi connectivity index (χ3v) is 2.55. The van der Waals surface area contributed by atoms with Crippen LogP contribution in [0.15, 0.2) is 30.5 Å². The lowest BCUT2D eigenvalue weighted by Crippen LogP contribution is -2.22. The van der Waals surface area contributed by atoms with Crippen LogP contribution in [0.5, 0.6) is 5.75 Å². The van der Waals surface area contributed by atoms with Gasteiger partial charge in [0.1, 0.15) is 5.75 Å². The molecule has 0 saturated heterocycles. The van der Waals surface area contributed by atoms with Crippen LogP contribution in [0.25, 0.3) is 10.9 Å². The number of methoxy groups -OCH3 is 1. The van der Waals surface area contributed by atoms with Gasteiger partial charge in [-0.15, -0.1) is 0 Å². The quantitative estimate of drug-likeness (QED) is 0.791. The van der Waals surface area contributed by atoms with Crippen LogP contribution in [-0.4, -0.2) is 37.0 Å². The minimum Gasteiger partial charge on any atom is -0.497 e. The van der Waals surface area contributed by atoms with E-state index in [-0.39, 0.29) is 5.91 Å². The molecule has 0 unspecified atom stereocenters. The molecule has 0 spiro atoms. The van der Waals surface area contributed by atoms with Gasteiger partial charge in [-0.1, -0.05) is 6.07 Å². The average molecular weight is 230 g/mol. The van der Waals surface area contributed by atoms with Crippen LogP contribution in [0.1, 0.15) is 10.4 Å². The van der Waals surface area contributed by atoms with Crippen molar-refractivity contribution in [3.63, 3.8) is 0 Å². The molecule has 0 N–H and O–H groups in total. The summed E-state index contributed by atoms with van der Waals surface area (Å²) >= 11 is 0. The molecule has 1 aromatic heterocycles. The molecule has 1 amide bonds. The van der Waals surface area contributed by atoms with Crippen molar-refractivity contribution in [3.8, 4) is 5.75 Å². The Labute approximate surface area is 99.8 Å². The van der Waals surface area contributed by atoms with Crippen molar-refractivity contribution in [3.05, 3.63) is 36.0 Å². The predicted molar refractivity (Wildman–Crippen MR) is 66.3 cm³/mol. The highest BCUT2D eigenvalue weighted by Crippen LogP contribution is 2.24. The van der Waals surface area contributed by atoms with Crippen molar-refractivity contribution in [2.24, 2.45) is 0 Å². The summed E-state index contributed by atoms with van der Waals surface area (Å²) in [6.07, 6.45) is 1.68. The van der Waals surface area contributed by atoms with Gasteiger partial charge in [-0.2, -0.15) is 0 Å². The summed E-state index contributed by atoms with van der Waals surface area (Å²) in [7, 11) is 5.02. The van der Waals surface area contributed by atoms with Gasteiger partial charge in [-0.25, -0.2) is 0 Å². The zero-order valence-electron chi connectivity index (χ0n) is 10.1. The van der Waals surface area contributed by atoms with Gasteiger partial charge in [-0.3, -0.25) is 9.78 Å². The van der Waals surface area contributed by atoms with E-state index in [1.165, 1.54) is 4.90 Å². The first-order valence-electron chi connectivity index (χ1n) is 5.28. The number of benzene rings is 1. The van der Waals surface area contributed by atoms with Gasteiger partial charge in [0.05, 0.1) is 18.2 Å². The third kappa shape index (κ3) is 2.06. The number of rotatable bonds is 2. The number of hydrogen-bond donors (Lipinski definition) is 0. The Morgan fingerprint density at radius 1 is 1.35 bits per heavy atom. The molecule has 1 heterocycles. The summed E-state index contributed by atoms with van der Waals surface area (Å²) in [5, 5.41) is 0.900. The first-order valence-corrected chi connectivity index (χ1v) is 5.28. The van der Waals surface area contributed by atoms with Crippen molar-refractivity contribution in [1.29, 1.82) is 0 Å². The second-order valence-electron chi connectivity index (χ2n) is 3.95. The number of pyridine rings is 1. The Bertz CT molecular complexity index is 564. The Balaban J connectivity index is 2.71. The summed E-state index contributed by atoms with van der Waals surface area (Å²) in [5.41, 5.74) is 1.26. The van der Waals surface area contributed by atoms with Crippen LogP contribution in [0, 0.1) is 0 Å². The molecular formula is C13H14N2O2. The molecule has 4 heteroatoms. The molecule has 0 bridgehead atoms. The van der Waals surface area contributed by atoms with E-state index in [0.717, 1.165) is 5.39 Å². The van der Waals surface area contributed by atoms with Crippen molar-refractivity contribution in [2.45, 2.75) is 0 Å². The van der Waals surface area contributed by atoms with E-state index in [9.17, 15) is 4.79 Å². The van der Waals surface area contributed by atoms with Gasteiger partial charge in [0.25, 0.3) is 5.91 Å². The molecule has 2 aromatic rings. The Hall–Kier alpha value is -2.10. The highest BCUT2D eigenvalue weighted by Gasteiger charge is 2.14. The SMILES string of the molecule is COc1cc(C(=O)N(C)C)c2ncccc2c1. The smallest absolute Gasteiger partial charge is 0.255 e. The molecule has 0 fully saturated rings. The Morgan fingerprint density at radius 2 is 2.12 bits per heavy atom. The second kappa shape index (κ2) is 4.41. The number of hydrogen-bond acceptors (Lipinski definition) is 3. The monoisotopic (exact) mass is 230 g/mol. The van der Waals surface area contributed by atoms with Crippen molar-refractivity contribution < 1.29 is 9.53 Å². The molecule has 0 radical (unpaired) electrons. The molecule has 17 heavy (non-hydrogen) atoms. The maximum atomic E-state index is 12.1. The fraction of sp³-hybridized carbons (Fsp3) is 0.231. The van der Waals surface area contributed by atoms with Crippen LogP contribution >= 0.6 is 0 Å². The largest absolute Gasteiger partial charge is 0.497 e. The fourth-order valence-corrected chi connectivity index (χ4v) is 1.69. The predicted octanol–water partition coefficient (Wildman–Crippen LogP) is 1.95. The maximum Gasteiger partial charge on any atom is 0.255 e. The highest BCUT2D eigenvalue weighted by atomic mass is 16.5. The number of ether oxygens (including phenoxy) is 1. The number of amides is 1. The zero-order chi connectivity index (χ0) is 12.4. The first-order chi connectivity index (χ1) is 8.13. The van der Waals surface area contributed by atoms with E-state index in [1.807, 2.05) is 18.2 Å². The summed E-state index contributed by atoms with van der Waals surface area (Å²) in [6.45, 7) is 0. The van der Waals surface area contributed by atoms with Gasteiger partial charge in [-0.05, 0) is 18.2 Å².